The molecule has 1 N–H and O–H groups in total. The number of rotatable bonds is 2. The van der Waals surface area contributed by atoms with Gasteiger partial charge in [0, 0.05) is 21.8 Å². The van der Waals surface area contributed by atoms with E-state index in [1.165, 1.54) is 55.2 Å². The van der Waals surface area contributed by atoms with Crippen molar-refractivity contribution in [1.82, 2.24) is 4.98 Å². The molecule has 0 spiro atoms. The van der Waals surface area contributed by atoms with Crippen molar-refractivity contribution < 1.29 is 0 Å². The van der Waals surface area contributed by atoms with E-state index in [0.717, 1.165) is 0 Å². The van der Waals surface area contributed by atoms with E-state index in [9.17, 15) is 0 Å². The highest BCUT2D eigenvalue weighted by Crippen LogP contribution is 2.34. The molecule has 0 radical (unpaired) electrons. The topological polar surface area (TPSA) is 15.8 Å². The highest BCUT2D eigenvalue weighted by atomic mass is 14.7. The maximum absolute atomic E-state index is 3.59. The molecular formula is C32H33N. The average molecular weight is 432 g/mol. The van der Waals surface area contributed by atoms with Crippen LogP contribution in [0.1, 0.15) is 52.7 Å². The third kappa shape index (κ3) is 4.09. The molecule has 0 aliphatic carbocycles. The lowest BCUT2D eigenvalue weighted by molar-refractivity contribution is 0.590. The van der Waals surface area contributed by atoms with Gasteiger partial charge in [0.15, 0.2) is 0 Å². The number of aromatic nitrogens is 1. The Hall–Kier alpha value is -3.32. The number of hydrogen-bond acceptors (Lipinski definition) is 0. The molecule has 5 aromatic rings. The summed E-state index contributed by atoms with van der Waals surface area (Å²) in [5.41, 5.74) is 10.4. The fourth-order valence-corrected chi connectivity index (χ4v) is 4.58. The molecule has 5 rings (SSSR count). The van der Waals surface area contributed by atoms with Crippen LogP contribution in [-0.2, 0) is 10.8 Å². The smallest absolute Gasteiger partial charge is 0.0465 e. The van der Waals surface area contributed by atoms with Crippen molar-refractivity contribution in [3.63, 3.8) is 0 Å². The molecular weight excluding hydrogens is 398 g/mol. The first-order chi connectivity index (χ1) is 15.6. The molecule has 0 aliphatic heterocycles. The highest BCUT2D eigenvalue weighted by molar-refractivity contribution is 6.09. The van der Waals surface area contributed by atoms with Crippen LogP contribution in [0, 0.1) is 0 Å². The van der Waals surface area contributed by atoms with Crippen LogP contribution in [0.15, 0.2) is 84.9 Å². The molecule has 0 bridgehead atoms. The molecule has 0 saturated heterocycles. The second-order valence-electron chi connectivity index (χ2n) is 11.3. The minimum atomic E-state index is 0.167. The van der Waals surface area contributed by atoms with Crippen LogP contribution in [0.4, 0.5) is 0 Å². The SMILES string of the molecule is CC(C)(C)c1ccc(-c2ccc3[nH]c4ccc(-c5ccc(C(C)(C)C)cc5)cc4c3c2)cc1. The standard InChI is InChI=1S/C32H33N/c1-31(2,3)25-13-7-21(8-14-25)23-11-17-29-27(19-23)28-20-24(12-18-30(28)33-29)22-9-15-26(16-10-22)32(4,5)6/h7-20,33H,1-6H3. The quantitative estimate of drug-likeness (QED) is 0.287. The summed E-state index contributed by atoms with van der Waals surface area (Å²) in [6, 6.07) is 31.5. The zero-order valence-electron chi connectivity index (χ0n) is 20.6. The third-order valence-corrected chi connectivity index (χ3v) is 6.77. The van der Waals surface area contributed by atoms with E-state index in [1.807, 2.05) is 0 Å². The molecule has 0 amide bonds. The zero-order valence-corrected chi connectivity index (χ0v) is 20.6. The molecule has 1 heterocycles. The molecule has 166 valence electrons. The summed E-state index contributed by atoms with van der Waals surface area (Å²) >= 11 is 0. The molecule has 33 heavy (non-hydrogen) atoms. The van der Waals surface area contributed by atoms with Gasteiger partial charge in [0.1, 0.15) is 0 Å². The van der Waals surface area contributed by atoms with Gasteiger partial charge in [0.05, 0.1) is 0 Å². The Morgan fingerprint density at radius 2 is 0.758 bits per heavy atom. The van der Waals surface area contributed by atoms with Gasteiger partial charge in [-0.15, -0.1) is 0 Å². The van der Waals surface area contributed by atoms with Crippen LogP contribution in [0.5, 0.6) is 0 Å². The normalized spacial score (nSPS) is 12.5. The van der Waals surface area contributed by atoms with Gasteiger partial charge in [-0.1, -0.05) is 102 Å². The van der Waals surface area contributed by atoms with Crippen molar-refractivity contribution in [3.8, 4) is 22.3 Å². The van der Waals surface area contributed by atoms with Gasteiger partial charge in [-0.05, 0) is 68.5 Å². The first-order valence-corrected chi connectivity index (χ1v) is 11.9. The summed E-state index contributed by atoms with van der Waals surface area (Å²) < 4.78 is 0. The van der Waals surface area contributed by atoms with Crippen molar-refractivity contribution in [3.05, 3.63) is 96.1 Å². The number of benzene rings is 4. The minimum Gasteiger partial charge on any atom is -0.355 e. The van der Waals surface area contributed by atoms with Crippen molar-refractivity contribution >= 4 is 21.8 Å². The third-order valence-electron chi connectivity index (χ3n) is 6.77. The molecule has 1 heteroatoms. The second-order valence-corrected chi connectivity index (χ2v) is 11.3. The number of aromatic amines is 1. The Kier molecular flexibility index (Phi) is 4.97. The summed E-state index contributed by atoms with van der Waals surface area (Å²) in [6.07, 6.45) is 0. The van der Waals surface area contributed by atoms with Crippen molar-refractivity contribution in [2.45, 2.75) is 52.4 Å². The largest absolute Gasteiger partial charge is 0.355 e. The van der Waals surface area contributed by atoms with Crippen LogP contribution >= 0.6 is 0 Å². The van der Waals surface area contributed by atoms with Gasteiger partial charge in [0.2, 0.25) is 0 Å². The van der Waals surface area contributed by atoms with E-state index in [4.69, 9.17) is 0 Å². The van der Waals surface area contributed by atoms with Crippen LogP contribution in [0.25, 0.3) is 44.1 Å². The summed E-state index contributed by atoms with van der Waals surface area (Å²) in [4.78, 5) is 3.59. The van der Waals surface area contributed by atoms with Crippen LogP contribution in [0.3, 0.4) is 0 Å². The Balaban J connectivity index is 1.56. The lowest BCUT2D eigenvalue weighted by atomic mass is 9.86. The Bertz CT molecular complexity index is 1320. The minimum absolute atomic E-state index is 0.167. The van der Waals surface area contributed by atoms with E-state index in [-0.39, 0.29) is 10.8 Å². The van der Waals surface area contributed by atoms with E-state index >= 15 is 0 Å². The average Bonchev–Trinajstić information content (AvgIpc) is 3.15. The van der Waals surface area contributed by atoms with Gasteiger partial charge < -0.3 is 4.98 Å². The monoisotopic (exact) mass is 431 g/mol. The van der Waals surface area contributed by atoms with Gasteiger partial charge in [-0.3, -0.25) is 0 Å². The van der Waals surface area contributed by atoms with E-state index in [2.05, 4.69) is 131 Å². The fraction of sp³-hybridized carbons (Fsp3) is 0.250. The predicted octanol–water partition coefficient (Wildman–Crippen LogP) is 9.25. The number of fused-ring (bicyclic) bond motifs is 3. The molecule has 0 aliphatic rings. The summed E-state index contributed by atoms with van der Waals surface area (Å²) in [6.45, 7) is 13.5. The van der Waals surface area contributed by atoms with Crippen molar-refractivity contribution in [1.29, 1.82) is 0 Å². The molecule has 4 aromatic carbocycles. The highest BCUT2D eigenvalue weighted by Gasteiger charge is 2.15. The van der Waals surface area contributed by atoms with Crippen molar-refractivity contribution in [2.75, 3.05) is 0 Å². The summed E-state index contributed by atoms with van der Waals surface area (Å²) in [5.74, 6) is 0. The maximum atomic E-state index is 3.59. The van der Waals surface area contributed by atoms with Gasteiger partial charge in [-0.25, -0.2) is 0 Å². The maximum Gasteiger partial charge on any atom is 0.0465 e. The van der Waals surface area contributed by atoms with Crippen LogP contribution in [-0.4, -0.2) is 4.98 Å². The molecule has 0 saturated carbocycles. The lowest BCUT2D eigenvalue weighted by Gasteiger charge is -2.19. The van der Waals surface area contributed by atoms with Gasteiger partial charge in [0.25, 0.3) is 0 Å². The Labute approximate surface area is 197 Å². The van der Waals surface area contributed by atoms with E-state index < -0.39 is 0 Å². The zero-order chi connectivity index (χ0) is 23.4. The van der Waals surface area contributed by atoms with E-state index in [0.29, 0.717) is 0 Å². The molecule has 1 aromatic heterocycles. The first kappa shape index (κ1) is 21.5. The first-order valence-electron chi connectivity index (χ1n) is 11.9. The van der Waals surface area contributed by atoms with Crippen LogP contribution in [0.2, 0.25) is 0 Å². The number of nitrogens with one attached hydrogen (secondary N) is 1. The van der Waals surface area contributed by atoms with Crippen molar-refractivity contribution in [2.24, 2.45) is 0 Å². The second kappa shape index (κ2) is 7.63. The number of hydrogen-bond donors (Lipinski definition) is 1. The van der Waals surface area contributed by atoms with Gasteiger partial charge >= 0.3 is 0 Å². The number of H-pyrrole nitrogens is 1. The van der Waals surface area contributed by atoms with Crippen LogP contribution < -0.4 is 0 Å². The molecule has 0 atom stereocenters. The van der Waals surface area contributed by atoms with Gasteiger partial charge in [-0.2, -0.15) is 0 Å². The summed E-state index contributed by atoms with van der Waals surface area (Å²) in [5, 5.41) is 2.55. The van der Waals surface area contributed by atoms with E-state index in [1.54, 1.807) is 0 Å². The summed E-state index contributed by atoms with van der Waals surface area (Å²) in [7, 11) is 0. The molecule has 0 unspecified atom stereocenters. The molecule has 1 nitrogen and oxygen atoms in total. The Morgan fingerprint density at radius 1 is 0.424 bits per heavy atom. The molecule has 0 fully saturated rings. The Morgan fingerprint density at radius 3 is 1.09 bits per heavy atom. The lowest BCUT2D eigenvalue weighted by Crippen LogP contribution is -2.10. The predicted molar refractivity (Wildman–Crippen MR) is 144 cm³/mol. The fourth-order valence-electron chi connectivity index (χ4n) is 4.58.